The first-order valence-corrected chi connectivity index (χ1v) is 7.87. The molecule has 1 aromatic heterocycles. The SMILES string of the molecule is C[C@H]1OC(C)(C)C(C)(C)OB1c1ccc2ncsc2c1. The van der Waals surface area contributed by atoms with Crippen LogP contribution in [0.2, 0.25) is 0 Å². The highest BCUT2D eigenvalue weighted by atomic mass is 32.1. The summed E-state index contributed by atoms with van der Waals surface area (Å²) in [5.41, 5.74) is 3.47. The van der Waals surface area contributed by atoms with Gasteiger partial charge in [-0.15, -0.1) is 11.3 Å². The van der Waals surface area contributed by atoms with Crippen molar-refractivity contribution in [3.63, 3.8) is 0 Å². The molecule has 0 radical (unpaired) electrons. The Hall–Kier alpha value is -0.905. The lowest BCUT2D eigenvalue weighted by Crippen LogP contribution is -2.64. The van der Waals surface area contributed by atoms with Crippen LogP contribution in [-0.4, -0.2) is 29.1 Å². The van der Waals surface area contributed by atoms with Crippen LogP contribution >= 0.6 is 11.3 Å². The molecule has 2 heterocycles. The Morgan fingerprint density at radius 2 is 1.95 bits per heavy atom. The Labute approximate surface area is 124 Å². The molecule has 1 atom stereocenters. The lowest BCUT2D eigenvalue weighted by atomic mass is 9.54. The summed E-state index contributed by atoms with van der Waals surface area (Å²) in [6.45, 7) is 10.4. The molecule has 1 fully saturated rings. The van der Waals surface area contributed by atoms with Crippen LogP contribution < -0.4 is 5.46 Å². The summed E-state index contributed by atoms with van der Waals surface area (Å²) in [4.78, 5) is 4.32. The molecule has 0 bridgehead atoms. The molecule has 0 unspecified atom stereocenters. The van der Waals surface area contributed by atoms with Crippen molar-refractivity contribution in [2.24, 2.45) is 0 Å². The molecule has 5 heteroatoms. The zero-order valence-corrected chi connectivity index (χ0v) is 13.5. The summed E-state index contributed by atoms with van der Waals surface area (Å²) in [6.07, 6.45) is 0. The van der Waals surface area contributed by atoms with Crippen molar-refractivity contribution < 1.29 is 9.39 Å². The first-order valence-electron chi connectivity index (χ1n) is 6.99. The first-order chi connectivity index (χ1) is 9.30. The Morgan fingerprint density at radius 1 is 1.20 bits per heavy atom. The van der Waals surface area contributed by atoms with E-state index in [1.54, 1.807) is 11.3 Å². The number of thiazole rings is 1. The molecule has 0 amide bonds. The van der Waals surface area contributed by atoms with Crippen LogP contribution in [0, 0.1) is 0 Å². The van der Waals surface area contributed by atoms with Crippen molar-refractivity contribution in [3.8, 4) is 0 Å². The van der Waals surface area contributed by atoms with Crippen LogP contribution in [0.1, 0.15) is 34.6 Å². The highest BCUT2D eigenvalue weighted by molar-refractivity contribution is 7.16. The van der Waals surface area contributed by atoms with E-state index in [2.05, 4.69) is 57.8 Å². The third kappa shape index (κ3) is 2.18. The summed E-state index contributed by atoms with van der Waals surface area (Å²) in [6, 6.07) is 6.36. The number of ether oxygens (including phenoxy) is 1. The zero-order valence-electron chi connectivity index (χ0n) is 12.6. The summed E-state index contributed by atoms with van der Waals surface area (Å²) in [7, 11) is 0. The highest BCUT2D eigenvalue weighted by Crippen LogP contribution is 2.36. The van der Waals surface area contributed by atoms with Crippen LogP contribution in [-0.2, 0) is 9.39 Å². The van der Waals surface area contributed by atoms with Gasteiger partial charge in [-0.05, 0) is 52.2 Å². The first kappa shape index (κ1) is 14.0. The van der Waals surface area contributed by atoms with Gasteiger partial charge in [0.25, 0.3) is 0 Å². The van der Waals surface area contributed by atoms with E-state index in [1.165, 1.54) is 4.70 Å². The van der Waals surface area contributed by atoms with Crippen molar-refractivity contribution in [1.29, 1.82) is 0 Å². The summed E-state index contributed by atoms with van der Waals surface area (Å²) < 4.78 is 13.8. The van der Waals surface area contributed by atoms with E-state index in [0.29, 0.717) is 0 Å². The molecule has 20 heavy (non-hydrogen) atoms. The smallest absolute Gasteiger partial charge is 0.357 e. The molecule has 1 aliphatic heterocycles. The van der Waals surface area contributed by atoms with E-state index in [0.717, 1.165) is 11.0 Å². The van der Waals surface area contributed by atoms with Crippen LogP contribution in [0.3, 0.4) is 0 Å². The molecule has 1 saturated heterocycles. The number of hydrogen-bond acceptors (Lipinski definition) is 4. The van der Waals surface area contributed by atoms with Crippen LogP contribution in [0.15, 0.2) is 23.7 Å². The molecule has 1 aliphatic rings. The van der Waals surface area contributed by atoms with Gasteiger partial charge >= 0.3 is 6.92 Å². The third-order valence-corrected chi connectivity index (χ3v) is 5.25. The Balaban J connectivity index is 1.97. The van der Waals surface area contributed by atoms with Crippen molar-refractivity contribution >= 4 is 33.9 Å². The number of hydrogen-bond donors (Lipinski definition) is 0. The minimum absolute atomic E-state index is 0.0309. The number of rotatable bonds is 1. The van der Waals surface area contributed by atoms with Gasteiger partial charge in [-0.2, -0.15) is 0 Å². The van der Waals surface area contributed by atoms with Crippen LogP contribution in [0.4, 0.5) is 0 Å². The molecule has 0 N–H and O–H groups in total. The molecule has 0 saturated carbocycles. The van der Waals surface area contributed by atoms with Crippen molar-refractivity contribution in [2.75, 3.05) is 0 Å². The van der Waals surface area contributed by atoms with Crippen molar-refractivity contribution in [2.45, 2.75) is 51.8 Å². The van der Waals surface area contributed by atoms with E-state index in [4.69, 9.17) is 9.39 Å². The van der Waals surface area contributed by atoms with Gasteiger partial charge in [0, 0.05) is 0 Å². The zero-order chi connectivity index (χ0) is 14.5. The number of aromatic nitrogens is 1. The molecule has 0 spiro atoms. The fraction of sp³-hybridized carbons (Fsp3) is 0.533. The topological polar surface area (TPSA) is 31.4 Å². The van der Waals surface area contributed by atoms with E-state index in [1.807, 2.05) is 5.51 Å². The van der Waals surface area contributed by atoms with Gasteiger partial charge in [-0.3, -0.25) is 0 Å². The van der Waals surface area contributed by atoms with Gasteiger partial charge in [0.05, 0.1) is 32.9 Å². The van der Waals surface area contributed by atoms with E-state index in [-0.39, 0.29) is 24.1 Å². The van der Waals surface area contributed by atoms with Crippen molar-refractivity contribution in [3.05, 3.63) is 23.7 Å². The molecule has 2 aromatic rings. The van der Waals surface area contributed by atoms with Gasteiger partial charge in [0.1, 0.15) is 0 Å². The van der Waals surface area contributed by atoms with E-state index >= 15 is 0 Å². The summed E-state index contributed by atoms with van der Waals surface area (Å²) in [5.74, 6) is 0. The predicted molar refractivity (Wildman–Crippen MR) is 84.8 cm³/mol. The van der Waals surface area contributed by atoms with E-state index < -0.39 is 0 Å². The maximum absolute atomic E-state index is 6.37. The predicted octanol–water partition coefficient (Wildman–Crippen LogP) is 3.03. The lowest BCUT2D eigenvalue weighted by molar-refractivity contribution is -0.176. The summed E-state index contributed by atoms with van der Waals surface area (Å²) >= 11 is 1.66. The molecule has 106 valence electrons. The average Bonchev–Trinajstić information content (AvgIpc) is 2.80. The fourth-order valence-electron chi connectivity index (χ4n) is 2.61. The van der Waals surface area contributed by atoms with Crippen LogP contribution in [0.5, 0.6) is 0 Å². The maximum Gasteiger partial charge on any atom is 0.357 e. The molecule has 1 aromatic carbocycles. The number of benzene rings is 1. The van der Waals surface area contributed by atoms with Crippen molar-refractivity contribution in [1.82, 2.24) is 4.98 Å². The fourth-order valence-corrected chi connectivity index (χ4v) is 3.34. The second-order valence-electron chi connectivity index (χ2n) is 6.46. The summed E-state index contributed by atoms with van der Waals surface area (Å²) in [5, 5.41) is 0. The maximum atomic E-state index is 6.37. The second-order valence-corrected chi connectivity index (χ2v) is 7.35. The quantitative estimate of drug-likeness (QED) is 0.756. The number of nitrogens with zero attached hydrogens (tertiary/aromatic N) is 1. The lowest BCUT2D eigenvalue weighted by Gasteiger charge is -2.50. The van der Waals surface area contributed by atoms with Gasteiger partial charge in [0.2, 0.25) is 0 Å². The third-order valence-electron chi connectivity index (χ3n) is 4.46. The normalized spacial score (nSPS) is 25.1. The monoisotopic (exact) mass is 289 g/mol. The Bertz CT molecular complexity index is 638. The van der Waals surface area contributed by atoms with E-state index in [9.17, 15) is 0 Å². The Morgan fingerprint density at radius 3 is 2.70 bits per heavy atom. The Kier molecular flexibility index (Phi) is 3.20. The minimum atomic E-state index is -0.327. The highest BCUT2D eigenvalue weighted by Gasteiger charge is 2.50. The van der Waals surface area contributed by atoms with Crippen LogP contribution in [0.25, 0.3) is 10.2 Å². The largest absolute Gasteiger partial charge is 0.421 e. The molecular formula is C15H20BNO2S. The minimum Gasteiger partial charge on any atom is -0.421 e. The molecule has 0 aliphatic carbocycles. The average molecular weight is 289 g/mol. The standard InChI is InChI=1S/C15H20BNO2S/c1-10-16(19-15(4,5)14(2,3)18-10)11-6-7-12-13(8-11)20-9-17-12/h6-10H,1-5H3/t10-/m1/s1. The molecule has 3 rings (SSSR count). The molecule has 3 nitrogen and oxygen atoms in total. The van der Waals surface area contributed by atoms with Gasteiger partial charge < -0.3 is 9.39 Å². The van der Waals surface area contributed by atoms with Gasteiger partial charge in [0.15, 0.2) is 0 Å². The van der Waals surface area contributed by atoms with Gasteiger partial charge in [-0.25, -0.2) is 4.98 Å². The number of fused-ring (bicyclic) bond motifs is 1. The molecular weight excluding hydrogens is 269 g/mol. The second kappa shape index (κ2) is 4.55. The van der Waals surface area contributed by atoms with Gasteiger partial charge in [-0.1, -0.05) is 6.07 Å².